The Hall–Kier alpha value is -2.49. The first-order valence-electron chi connectivity index (χ1n) is 8.27. The summed E-state index contributed by atoms with van der Waals surface area (Å²) in [4.78, 5) is 9.70. The van der Waals surface area contributed by atoms with Crippen LogP contribution >= 0.6 is 11.3 Å². The van der Waals surface area contributed by atoms with Gasteiger partial charge in [0.05, 0.1) is 15.9 Å². The molecule has 3 heterocycles. The molecule has 0 saturated carbocycles. The Kier molecular flexibility index (Phi) is 4.81. The van der Waals surface area contributed by atoms with Crippen molar-refractivity contribution in [3.05, 3.63) is 53.0 Å². The third kappa shape index (κ3) is 3.53. The highest BCUT2D eigenvalue weighted by atomic mass is 32.2. The number of nitrogens with zero attached hydrogens (tertiary/aromatic N) is 4. The number of hydrogen-bond acceptors (Lipinski definition) is 8. The zero-order valence-corrected chi connectivity index (χ0v) is 16.4. The zero-order chi connectivity index (χ0) is 19.0. The summed E-state index contributed by atoms with van der Waals surface area (Å²) in [5, 5.41) is 12.9. The molecule has 4 aromatic rings. The summed E-state index contributed by atoms with van der Waals surface area (Å²) in [6.45, 7) is 4.55. The third-order valence-corrected chi connectivity index (χ3v) is 6.07. The summed E-state index contributed by atoms with van der Waals surface area (Å²) in [6.07, 6.45) is 1.55. The normalized spacial score (nSPS) is 12.6. The summed E-state index contributed by atoms with van der Waals surface area (Å²) in [5.41, 5.74) is 4.67. The van der Waals surface area contributed by atoms with Gasteiger partial charge in [0.25, 0.3) is 0 Å². The van der Waals surface area contributed by atoms with Crippen LogP contribution in [0.5, 0.6) is 0 Å². The van der Waals surface area contributed by atoms with Gasteiger partial charge in [-0.05, 0) is 30.5 Å². The van der Waals surface area contributed by atoms with Gasteiger partial charge in [0.2, 0.25) is 0 Å². The molecule has 1 atom stereocenters. The van der Waals surface area contributed by atoms with Gasteiger partial charge >= 0.3 is 0 Å². The van der Waals surface area contributed by atoms with Crippen molar-refractivity contribution in [2.75, 3.05) is 5.32 Å². The molecule has 1 N–H and O–H groups in total. The Balaban J connectivity index is 1.63. The van der Waals surface area contributed by atoms with Crippen LogP contribution in [0.2, 0.25) is 0 Å². The zero-order valence-electron chi connectivity index (χ0n) is 14.7. The lowest BCUT2D eigenvalue weighted by atomic mass is 10.1. The number of nitrogens with one attached hydrogen (secondary N) is 1. The SMILES string of the molecule is Cc1nnc2sc3c(NCc4ccc(CS(=O)[O-])cc4)ncnc3c2c1C. The molecule has 138 valence electrons. The summed E-state index contributed by atoms with van der Waals surface area (Å²) in [5.74, 6) is 0.784. The van der Waals surface area contributed by atoms with Crippen LogP contribution in [-0.4, -0.2) is 28.9 Å². The number of benzene rings is 1. The summed E-state index contributed by atoms with van der Waals surface area (Å²) >= 11 is -0.550. The number of aromatic nitrogens is 4. The first-order valence-corrected chi connectivity index (χ1v) is 10.3. The summed E-state index contributed by atoms with van der Waals surface area (Å²) in [6, 6.07) is 7.47. The van der Waals surface area contributed by atoms with Crippen molar-refractivity contribution < 1.29 is 8.76 Å². The molecule has 0 bridgehead atoms. The van der Waals surface area contributed by atoms with Crippen molar-refractivity contribution in [1.29, 1.82) is 0 Å². The van der Waals surface area contributed by atoms with Crippen molar-refractivity contribution in [3.8, 4) is 0 Å². The van der Waals surface area contributed by atoms with Crippen molar-refractivity contribution in [3.63, 3.8) is 0 Å². The number of hydrogen-bond donors (Lipinski definition) is 1. The molecule has 0 saturated heterocycles. The standard InChI is InChI=1S/C18H17N5O2S2/c1-10-11(2)22-23-18-14(10)15-16(26-18)17(21-9-20-15)19-7-12-3-5-13(6-4-12)8-27(24)25/h3-6,9H,7-8H2,1-2H3,(H,24,25)(H,19,20,21)/p-1. The van der Waals surface area contributed by atoms with Crippen LogP contribution < -0.4 is 5.32 Å². The molecule has 1 unspecified atom stereocenters. The summed E-state index contributed by atoms with van der Waals surface area (Å²) < 4.78 is 22.5. The Morgan fingerprint density at radius 3 is 2.59 bits per heavy atom. The minimum atomic E-state index is -2.08. The highest BCUT2D eigenvalue weighted by molar-refractivity contribution is 7.78. The molecule has 27 heavy (non-hydrogen) atoms. The molecular weight excluding hydrogens is 382 g/mol. The van der Waals surface area contributed by atoms with Gasteiger partial charge in [-0.1, -0.05) is 35.3 Å². The molecule has 1 aromatic carbocycles. The fraction of sp³-hybridized carbons (Fsp3) is 0.222. The molecule has 0 amide bonds. The van der Waals surface area contributed by atoms with Gasteiger partial charge in [-0.15, -0.1) is 16.4 Å². The van der Waals surface area contributed by atoms with E-state index in [0.29, 0.717) is 6.54 Å². The largest absolute Gasteiger partial charge is 0.772 e. The van der Waals surface area contributed by atoms with Crippen LogP contribution in [0.25, 0.3) is 20.4 Å². The highest BCUT2D eigenvalue weighted by Crippen LogP contribution is 2.36. The van der Waals surface area contributed by atoms with Gasteiger partial charge < -0.3 is 9.87 Å². The predicted octanol–water partition coefficient (Wildman–Crippen LogP) is 3.24. The van der Waals surface area contributed by atoms with Crippen LogP contribution in [0.3, 0.4) is 0 Å². The smallest absolute Gasteiger partial charge is 0.149 e. The number of anilines is 1. The van der Waals surface area contributed by atoms with E-state index in [9.17, 15) is 8.76 Å². The van der Waals surface area contributed by atoms with E-state index in [1.165, 1.54) is 11.3 Å². The lowest BCUT2D eigenvalue weighted by molar-refractivity contribution is 0.536. The molecule has 9 heteroatoms. The van der Waals surface area contributed by atoms with E-state index in [2.05, 4.69) is 25.5 Å². The second-order valence-corrected chi connectivity index (χ2v) is 8.11. The lowest BCUT2D eigenvalue weighted by Crippen LogP contribution is -2.02. The van der Waals surface area contributed by atoms with Gasteiger partial charge in [0.1, 0.15) is 17.0 Å². The topological polar surface area (TPSA) is 104 Å². The first kappa shape index (κ1) is 17.9. The van der Waals surface area contributed by atoms with Crippen LogP contribution in [0.1, 0.15) is 22.4 Å². The van der Waals surface area contributed by atoms with E-state index in [-0.39, 0.29) is 5.75 Å². The number of rotatable bonds is 5. The quantitative estimate of drug-likeness (QED) is 0.515. The van der Waals surface area contributed by atoms with Gasteiger partial charge in [-0.2, -0.15) is 5.10 Å². The lowest BCUT2D eigenvalue weighted by Gasteiger charge is -2.08. The van der Waals surface area contributed by atoms with Crippen LogP contribution in [-0.2, 0) is 23.4 Å². The average Bonchev–Trinajstić information content (AvgIpc) is 3.03. The molecular formula is C18H16N5O2S2-. The molecule has 0 aliphatic carbocycles. The van der Waals surface area contributed by atoms with Gasteiger partial charge in [0, 0.05) is 17.7 Å². The first-order chi connectivity index (χ1) is 13.0. The third-order valence-electron chi connectivity index (χ3n) is 4.43. The predicted molar refractivity (Wildman–Crippen MR) is 106 cm³/mol. The maximum absolute atomic E-state index is 10.8. The molecule has 4 rings (SSSR count). The number of aryl methyl sites for hydroxylation is 2. The molecule has 3 aromatic heterocycles. The van der Waals surface area contributed by atoms with Gasteiger partial charge in [-0.3, -0.25) is 4.21 Å². The maximum atomic E-state index is 10.8. The fourth-order valence-electron chi connectivity index (χ4n) is 2.88. The minimum Gasteiger partial charge on any atom is -0.772 e. The fourth-order valence-corrected chi connectivity index (χ4v) is 4.45. The number of fused-ring (bicyclic) bond motifs is 3. The number of thiophene rings is 1. The van der Waals surface area contributed by atoms with E-state index >= 15 is 0 Å². The van der Waals surface area contributed by atoms with Gasteiger partial charge in [-0.25, -0.2) is 9.97 Å². The Labute approximate surface area is 162 Å². The van der Waals surface area contributed by atoms with E-state index in [1.54, 1.807) is 6.33 Å². The monoisotopic (exact) mass is 398 g/mol. The van der Waals surface area contributed by atoms with E-state index in [1.807, 2.05) is 38.1 Å². The maximum Gasteiger partial charge on any atom is 0.149 e. The Morgan fingerprint density at radius 2 is 1.85 bits per heavy atom. The van der Waals surface area contributed by atoms with Crippen molar-refractivity contribution in [2.45, 2.75) is 26.1 Å². The van der Waals surface area contributed by atoms with E-state index < -0.39 is 11.1 Å². The second-order valence-electron chi connectivity index (χ2n) is 6.21. The van der Waals surface area contributed by atoms with Crippen LogP contribution in [0.4, 0.5) is 5.82 Å². The van der Waals surface area contributed by atoms with Crippen LogP contribution in [0, 0.1) is 13.8 Å². The van der Waals surface area contributed by atoms with E-state index in [0.717, 1.165) is 48.6 Å². The minimum absolute atomic E-state index is 0.0296. The Bertz CT molecular complexity index is 1160. The average molecular weight is 398 g/mol. The molecule has 0 aliphatic heterocycles. The second kappa shape index (κ2) is 7.26. The molecule has 0 aliphatic rings. The molecule has 7 nitrogen and oxygen atoms in total. The van der Waals surface area contributed by atoms with Crippen LogP contribution in [0.15, 0.2) is 30.6 Å². The molecule has 0 radical (unpaired) electrons. The van der Waals surface area contributed by atoms with Crippen molar-refractivity contribution >= 4 is 48.7 Å². The molecule has 0 spiro atoms. The van der Waals surface area contributed by atoms with Crippen molar-refractivity contribution in [2.24, 2.45) is 0 Å². The van der Waals surface area contributed by atoms with E-state index in [4.69, 9.17) is 0 Å². The Morgan fingerprint density at radius 1 is 1.11 bits per heavy atom. The van der Waals surface area contributed by atoms with Gasteiger partial charge in [0.15, 0.2) is 0 Å². The highest BCUT2D eigenvalue weighted by Gasteiger charge is 2.15. The van der Waals surface area contributed by atoms with Crippen molar-refractivity contribution in [1.82, 2.24) is 20.2 Å². The summed E-state index contributed by atoms with van der Waals surface area (Å²) in [7, 11) is 0. The molecule has 0 fully saturated rings.